The number of benzene rings is 2. The van der Waals surface area contributed by atoms with Gasteiger partial charge in [0.1, 0.15) is 6.61 Å². The molecule has 1 aliphatic heterocycles. The second-order valence-corrected chi connectivity index (χ2v) is 10.6. The fraction of sp³-hybridized carbons (Fsp3) is 0.233. The van der Waals surface area contributed by atoms with Gasteiger partial charge in [-0.15, -0.1) is 0 Å². The van der Waals surface area contributed by atoms with E-state index in [-0.39, 0.29) is 18.6 Å². The molecule has 2 aromatic heterocycles. The maximum atomic E-state index is 13.5. The van der Waals surface area contributed by atoms with Crippen molar-refractivity contribution < 1.29 is 22.7 Å². The average Bonchev–Trinajstić information content (AvgIpc) is 3.44. The number of rotatable bonds is 7. The number of amides is 1. The molecule has 1 amide bonds. The van der Waals surface area contributed by atoms with Crippen molar-refractivity contribution in [3.63, 3.8) is 0 Å². The molecule has 7 nitrogen and oxygen atoms in total. The third kappa shape index (κ3) is 5.72. The summed E-state index contributed by atoms with van der Waals surface area (Å²) in [5.74, 6) is -0.347. The van der Waals surface area contributed by atoms with Crippen LogP contribution in [0.4, 0.5) is 24.5 Å². The topological polar surface area (TPSA) is 71.4 Å². The fourth-order valence-electron chi connectivity index (χ4n) is 5.33. The molecule has 1 fully saturated rings. The van der Waals surface area contributed by atoms with Crippen LogP contribution in [0.1, 0.15) is 40.3 Å². The van der Waals surface area contributed by atoms with E-state index < -0.39 is 17.8 Å². The van der Waals surface area contributed by atoms with Crippen LogP contribution in [-0.4, -0.2) is 34.3 Å². The zero-order valence-corrected chi connectivity index (χ0v) is 24.4. The van der Waals surface area contributed by atoms with Crippen molar-refractivity contribution in [1.29, 1.82) is 0 Å². The van der Waals surface area contributed by atoms with Gasteiger partial charge in [-0.1, -0.05) is 23.7 Å². The Morgan fingerprint density at radius 2 is 1.88 bits per heavy atom. The Bertz CT molecular complexity index is 1640. The molecule has 0 unspecified atom stereocenters. The van der Waals surface area contributed by atoms with Crippen LogP contribution in [0.25, 0.3) is 5.69 Å². The van der Waals surface area contributed by atoms with E-state index in [2.05, 4.69) is 15.6 Å². The highest BCUT2D eigenvalue weighted by molar-refractivity contribution is 7.80. The number of thiocarbonyl (C=S) groups is 1. The van der Waals surface area contributed by atoms with Gasteiger partial charge < -0.3 is 24.8 Å². The van der Waals surface area contributed by atoms with Gasteiger partial charge in [0.25, 0.3) is 0 Å². The van der Waals surface area contributed by atoms with Crippen LogP contribution in [0.2, 0.25) is 5.02 Å². The molecule has 2 atom stereocenters. The highest BCUT2D eigenvalue weighted by Crippen LogP contribution is 2.45. The van der Waals surface area contributed by atoms with E-state index in [0.29, 0.717) is 27.2 Å². The molecule has 0 spiro atoms. The molecular weight excluding hydrogens is 587 g/mol. The van der Waals surface area contributed by atoms with Crippen molar-refractivity contribution >= 4 is 46.2 Å². The van der Waals surface area contributed by atoms with Gasteiger partial charge in [-0.05, 0) is 86.2 Å². The number of anilines is 2. The third-order valence-corrected chi connectivity index (χ3v) is 7.73. The van der Waals surface area contributed by atoms with Gasteiger partial charge in [0.15, 0.2) is 5.11 Å². The Morgan fingerprint density at radius 1 is 1.10 bits per heavy atom. The summed E-state index contributed by atoms with van der Waals surface area (Å²) in [5.41, 5.74) is 3.86. The molecule has 2 aromatic carbocycles. The number of carbonyl (C=O) groups is 1. The van der Waals surface area contributed by atoms with E-state index in [9.17, 15) is 18.0 Å². The van der Waals surface area contributed by atoms with Gasteiger partial charge in [0.2, 0.25) is 5.91 Å². The van der Waals surface area contributed by atoms with Crippen molar-refractivity contribution in [2.75, 3.05) is 23.9 Å². The first-order chi connectivity index (χ1) is 20.0. The summed E-state index contributed by atoms with van der Waals surface area (Å²) in [7, 11) is 1.42. The summed E-state index contributed by atoms with van der Waals surface area (Å²) in [5, 5.41) is 6.82. The van der Waals surface area contributed by atoms with Crippen LogP contribution in [0, 0.1) is 13.8 Å². The number of carbonyl (C=O) groups excluding carboxylic acids is 1. The predicted octanol–water partition coefficient (Wildman–Crippen LogP) is 6.92. The monoisotopic (exact) mass is 613 g/mol. The lowest BCUT2D eigenvalue weighted by molar-refractivity contribution is -0.137. The lowest BCUT2D eigenvalue weighted by atomic mass is 9.96. The second kappa shape index (κ2) is 11.7. The highest BCUT2D eigenvalue weighted by Gasteiger charge is 2.42. The molecule has 2 N–H and O–H groups in total. The van der Waals surface area contributed by atoms with E-state index in [4.69, 9.17) is 28.6 Å². The number of ether oxygens (including phenoxy) is 1. The van der Waals surface area contributed by atoms with Gasteiger partial charge in [0.05, 0.1) is 34.1 Å². The van der Waals surface area contributed by atoms with Crippen molar-refractivity contribution in [2.45, 2.75) is 32.1 Å². The molecule has 5 rings (SSSR count). The van der Waals surface area contributed by atoms with Gasteiger partial charge in [-0.25, -0.2) is 0 Å². The number of hydrogen-bond acceptors (Lipinski definition) is 4. The molecule has 0 bridgehead atoms. The minimum absolute atomic E-state index is 0.118. The zero-order valence-electron chi connectivity index (χ0n) is 22.9. The van der Waals surface area contributed by atoms with Crippen molar-refractivity contribution in [2.24, 2.45) is 0 Å². The predicted molar refractivity (Wildman–Crippen MR) is 160 cm³/mol. The summed E-state index contributed by atoms with van der Waals surface area (Å²) in [4.78, 5) is 18.5. The maximum absolute atomic E-state index is 13.5. The van der Waals surface area contributed by atoms with Crippen molar-refractivity contribution in [3.05, 3.63) is 106 Å². The molecule has 218 valence electrons. The highest BCUT2D eigenvalue weighted by atomic mass is 35.5. The normalized spacial score (nSPS) is 16.9. The smallest absolute Gasteiger partial charge is 0.375 e. The minimum Gasteiger partial charge on any atom is -0.375 e. The molecule has 0 saturated carbocycles. The summed E-state index contributed by atoms with van der Waals surface area (Å²) in [6.07, 6.45) is -2.77. The molecule has 12 heteroatoms. The summed E-state index contributed by atoms with van der Waals surface area (Å²) in [6, 6.07) is 17.2. The number of hydrogen-bond donors (Lipinski definition) is 2. The van der Waals surface area contributed by atoms with Gasteiger partial charge in [-0.2, -0.15) is 13.2 Å². The molecule has 3 heterocycles. The fourth-order valence-corrected chi connectivity index (χ4v) is 5.90. The van der Waals surface area contributed by atoms with Gasteiger partial charge in [0, 0.05) is 36.1 Å². The van der Waals surface area contributed by atoms with E-state index in [1.54, 1.807) is 35.0 Å². The summed E-state index contributed by atoms with van der Waals surface area (Å²) in [6.45, 7) is 3.61. The first-order valence-electron chi connectivity index (χ1n) is 12.9. The van der Waals surface area contributed by atoms with Crippen LogP contribution in [0.3, 0.4) is 0 Å². The van der Waals surface area contributed by atoms with E-state index in [0.717, 1.165) is 34.8 Å². The zero-order chi connectivity index (χ0) is 30.2. The molecule has 42 heavy (non-hydrogen) atoms. The Labute approximate surface area is 251 Å². The van der Waals surface area contributed by atoms with Gasteiger partial charge in [-0.3, -0.25) is 9.78 Å². The minimum atomic E-state index is -4.47. The van der Waals surface area contributed by atoms with E-state index >= 15 is 0 Å². The standard InChI is InChI=1S/C30H27ClF3N5O2S/c1-17-13-22(18(2)38(17)20-8-6-7-19(14-20)30(32,33)34)28-27(25-9-4-5-12-35-25)37-29(42)39(28)21-10-11-24(23(31)15-21)36-26(40)16-41-3/h4-15,27-28H,16H2,1-3H3,(H,36,40)(H,37,42)/t27-,28-/m0/s1. The number of pyridine rings is 1. The molecule has 1 saturated heterocycles. The quantitative estimate of drug-likeness (QED) is 0.221. The van der Waals surface area contributed by atoms with E-state index in [1.807, 2.05) is 43.0 Å². The maximum Gasteiger partial charge on any atom is 0.416 e. The van der Waals surface area contributed by atoms with Crippen LogP contribution in [0.5, 0.6) is 0 Å². The lowest BCUT2D eigenvalue weighted by Crippen LogP contribution is -2.29. The number of methoxy groups -OCH3 is 1. The van der Waals surface area contributed by atoms with Crippen molar-refractivity contribution in [3.8, 4) is 5.69 Å². The van der Waals surface area contributed by atoms with Crippen LogP contribution >= 0.6 is 23.8 Å². The molecule has 1 aliphatic rings. The second-order valence-electron chi connectivity index (χ2n) is 9.85. The van der Waals surface area contributed by atoms with Crippen LogP contribution in [0.15, 0.2) is 72.9 Å². The summed E-state index contributed by atoms with van der Waals surface area (Å²) >= 11 is 12.4. The Balaban J connectivity index is 1.61. The number of nitrogens with zero attached hydrogens (tertiary/aromatic N) is 3. The van der Waals surface area contributed by atoms with Gasteiger partial charge >= 0.3 is 6.18 Å². The first-order valence-corrected chi connectivity index (χ1v) is 13.7. The lowest BCUT2D eigenvalue weighted by Gasteiger charge is -2.28. The number of aromatic nitrogens is 2. The van der Waals surface area contributed by atoms with Crippen LogP contribution in [-0.2, 0) is 15.7 Å². The van der Waals surface area contributed by atoms with Crippen molar-refractivity contribution in [1.82, 2.24) is 14.9 Å². The van der Waals surface area contributed by atoms with E-state index in [1.165, 1.54) is 13.2 Å². The Hall–Kier alpha value is -3.93. The number of alkyl halides is 3. The first kappa shape index (κ1) is 29.6. The molecular formula is C30H27ClF3N5O2S. The Morgan fingerprint density at radius 3 is 2.55 bits per heavy atom. The number of aryl methyl sites for hydroxylation is 1. The van der Waals surface area contributed by atoms with Crippen LogP contribution < -0.4 is 15.5 Å². The average molecular weight is 614 g/mol. The molecule has 0 radical (unpaired) electrons. The number of halogens is 4. The molecule has 0 aliphatic carbocycles. The SMILES string of the molecule is COCC(=O)Nc1ccc(N2C(=S)N[C@@H](c3ccccn3)[C@@H]2c2cc(C)n(-c3cccc(C(F)(F)F)c3)c2C)cc1Cl. The Kier molecular flexibility index (Phi) is 8.27. The largest absolute Gasteiger partial charge is 0.416 e. The molecule has 4 aromatic rings. The number of nitrogens with one attached hydrogen (secondary N) is 2. The summed E-state index contributed by atoms with van der Waals surface area (Å²) < 4.78 is 47.3. The third-order valence-electron chi connectivity index (χ3n) is 7.10.